The molecule has 1 saturated carbocycles. The van der Waals surface area contributed by atoms with Crippen molar-refractivity contribution in [1.29, 1.82) is 0 Å². The van der Waals surface area contributed by atoms with E-state index in [0.717, 1.165) is 25.2 Å². The largest absolute Gasteiger partial charge is 0.368 e. The fraction of sp³-hybridized carbons (Fsp3) is 0.400. The lowest BCUT2D eigenvalue weighted by Crippen LogP contribution is -2.38. The summed E-state index contributed by atoms with van der Waals surface area (Å²) in [7, 11) is 0. The van der Waals surface area contributed by atoms with Crippen LogP contribution in [0.1, 0.15) is 30.7 Å². The van der Waals surface area contributed by atoms with Crippen LogP contribution >= 0.6 is 23.2 Å². The molecule has 1 aliphatic heterocycles. The Morgan fingerprint density at radius 1 is 1.11 bits per heavy atom. The number of aromatic nitrogens is 1. The van der Waals surface area contributed by atoms with Gasteiger partial charge >= 0.3 is 6.03 Å². The number of urea groups is 1. The molecule has 2 aromatic rings. The molecule has 0 radical (unpaired) electrons. The highest BCUT2D eigenvalue weighted by Crippen LogP contribution is 2.46. The third-order valence-corrected chi connectivity index (χ3v) is 5.61. The predicted octanol–water partition coefficient (Wildman–Crippen LogP) is 5.01. The smallest absolute Gasteiger partial charge is 0.321 e. The van der Waals surface area contributed by atoms with Crippen LogP contribution in [0.4, 0.5) is 16.2 Å². The van der Waals surface area contributed by atoms with Gasteiger partial charge in [0.1, 0.15) is 0 Å². The van der Waals surface area contributed by atoms with E-state index in [0.29, 0.717) is 34.7 Å². The van der Waals surface area contributed by atoms with Gasteiger partial charge in [-0.05, 0) is 48.9 Å². The maximum Gasteiger partial charge on any atom is 0.321 e. The minimum absolute atomic E-state index is 0.0950. The molecule has 2 amide bonds. The molecule has 7 heteroatoms. The molecule has 1 N–H and O–H groups in total. The number of pyridine rings is 1. The van der Waals surface area contributed by atoms with Gasteiger partial charge in [-0.2, -0.15) is 0 Å². The Balaban J connectivity index is 1.44. The van der Waals surface area contributed by atoms with Gasteiger partial charge in [0.05, 0.1) is 10.7 Å². The summed E-state index contributed by atoms with van der Waals surface area (Å²) in [4.78, 5) is 21.1. The molecule has 0 spiro atoms. The Hall–Kier alpha value is -1.98. The number of amides is 2. The number of halogens is 2. The fourth-order valence-electron chi connectivity index (χ4n) is 3.58. The van der Waals surface area contributed by atoms with Crippen molar-refractivity contribution in [3.8, 4) is 0 Å². The zero-order valence-corrected chi connectivity index (χ0v) is 16.5. The zero-order chi connectivity index (χ0) is 18.8. The van der Waals surface area contributed by atoms with Crippen molar-refractivity contribution < 1.29 is 4.79 Å². The lowest BCUT2D eigenvalue weighted by Gasteiger charge is -2.27. The molecule has 2 heterocycles. The second kappa shape index (κ2) is 7.95. The van der Waals surface area contributed by atoms with E-state index in [2.05, 4.69) is 15.2 Å². The van der Waals surface area contributed by atoms with E-state index < -0.39 is 0 Å². The first-order chi connectivity index (χ1) is 13.1. The van der Waals surface area contributed by atoms with Crippen LogP contribution in [0.15, 0.2) is 36.7 Å². The Morgan fingerprint density at radius 3 is 2.74 bits per heavy atom. The predicted molar refractivity (Wildman–Crippen MR) is 110 cm³/mol. The number of nitrogens with one attached hydrogen (secondary N) is 1. The molecule has 27 heavy (non-hydrogen) atoms. The number of carbonyl (C=O) groups is 1. The minimum Gasteiger partial charge on any atom is -0.368 e. The first-order valence-electron chi connectivity index (χ1n) is 9.31. The lowest BCUT2D eigenvalue weighted by molar-refractivity contribution is 0.215. The maximum absolute atomic E-state index is 12.6. The van der Waals surface area contributed by atoms with Gasteiger partial charge in [0, 0.05) is 49.3 Å². The topological polar surface area (TPSA) is 48.5 Å². The molecular formula is C20H22Cl2N4O. The number of rotatable bonds is 3. The quantitative estimate of drug-likeness (QED) is 0.781. The number of hydrogen-bond acceptors (Lipinski definition) is 3. The zero-order valence-electron chi connectivity index (χ0n) is 15.0. The Morgan fingerprint density at radius 2 is 1.96 bits per heavy atom. The molecule has 0 atom stereocenters. The number of benzene rings is 1. The van der Waals surface area contributed by atoms with Crippen LogP contribution in [0.5, 0.6) is 0 Å². The van der Waals surface area contributed by atoms with Crippen LogP contribution < -0.4 is 10.2 Å². The molecule has 1 aliphatic carbocycles. The van der Waals surface area contributed by atoms with Crippen molar-refractivity contribution >= 4 is 40.6 Å². The van der Waals surface area contributed by atoms with E-state index >= 15 is 0 Å². The molecule has 4 rings (SSSR count). The van der Waals surface area contributed by atoms with Gasteiger partial charge in [-0.25, -0.2) is 4.79 Å². The number of anilines is 2. The van der Waals surface area contributed by atoms with Crippen LogP contribution in [0.3, 0.4) is 0 Å². The van der Waals surface area contributed by atoms with Gasteiger partial charge < -0.3 is 15.1 Å². The van der Waals surface area contributed by atoms with Gasteiger partial charge in [-0.3, -0.25) is 4.98 Å². The first kappa shape index (κ1) is 18.4. The van der Waals surface area contributed by atoms with Crippen LogP contribution in [0.2, 0.25) is 10.0 Å². The van der Waals surface area contributed by atoms with Gasteiger partial charge in [-0.1, -0.05) is 29.3 Å². The molecule has 2 aliphatic rings. The molecule has 1 aromatic heterocycles. The third-order valence-electron chi connectivity index (χ3n) is 5.09. The average molecular weight is 405 g/mol. The van der Waals surface area contributed by atoms with Gasteiger partial charge in [-0.15, -0.1) is 0 Å². The van der Waals surface area contributed by atoms with Crippen LogP contribution in [-0.4, -0.2) is 42.1 Å². The molecule has 2 fully saturated rings. The highest BCUT2D eigenvalue weighted by atomic mass is 35.5. The summed E-state index contributed by atoms with van der Waals surface area (Å²) in [6.07, 6.45) is 6.98. The summed E-state index contributed by atoms with van der Waals surface area (Å²) in [5, 5.41) is 4.24. The average Bonchev–Trinajstić information content (AvgIpc) is 3.48. The van der Waals surface area contributed by atoms with Crippen molar-refractivity contribution in [2.75, 3.05) is 36.4 Å². The maximum atomic E-state index is 12.6. The highest BCUT2D eigenvalue weighted by molar-refractivity contribution is 6.33. The molecule has 1 aromatic carbocycles. The van der Waals surface area contributed by atoms with E-state index in [1.54, 1.807) is 18.3 Å². The minimum atomic E-state index is -0.0950. The van der Waals surface area contributed by atoms with Crippen molar-refractivity contribution in [3.63, 3.8) is 0 Å². The second-order valence-electron chi connectivity index (χ2n) is 7.10. The van der Waals surface area contributed by atoms with Crippen molar-refractivity contribution in [2.24, 2.45) is 0 Å². The molecule has 0 unspecified atom stereocenters. The number of hydrogen-bond donors (Lipinski definition) is 1. The number of carbonyl (C=O) groups excluding carboxylic acids is 1. The van der Waals surface area contributed by atoms with E-state index in [9.17, 15) is 4.79 Å². The Kier molecular flexibility index (Phi) is 5.41. The SMILES string of the molecule is O=C(Nc1cccc(Cl)c1)N1CCCN(c2c(Cl)cncc2C2CC2)CC1. The van der Waals surface area contributed by atoms with Crippen LogP contribution in [0, 0.1) is 0 Å². The summed E-state index contributed by atoms with van der Waals surface area (Å²) >= 11 is 12.5. The summed E-state index contributed by atoms with van der Waals surface area (Å²) in [5.41, 5.74) is 3.06. The van der Waals surface area contributed by atoms with Gasteiger partial charge in [0.2, 0.25) is 0 Å². The monoisotopic (exact) mass is 404 g/mol. The van der Waals surface area contributed by atoms with Crippen LogP contribution in [0.25, 0.3) is 0 Å². The molecule has 142 valence electrons. The molecule has 0 bridgehead atoms. The van der Waals surface area contributed by atoms with E-state index in [1.807, 2.05) is 23.2 Å². The van der Waals surface area contributed by atoms with E-state index in [-0.39, 0.29) is 6.03 Å². The lowest BCUT2D eigenvalue weighted by atomic mass is 10.1. The van der Waals surface area contributed by atoms with Crippen molar-refractivity contribution in [2.45, 2.75) is 25.2 Å². The summed E-state index contributed by atoms with van der Waals surface area (Å²) in [5.74, 6) is 0.580. The van der Waals surface area contributed by atoms with Crippen molar-refractivity contribution in [3.05, 3.63) is 52.3 Å². The Bertz CT molecular complexity index is 840. The highest BCUT2D eigenvalue weighted by Gasteiger charge is 2.30. The summed E-state index contributed by atoms with van der Waals surface area (Å²) in [6.45, 7) is 3.00. The Labute approximate surface area is 169 Å². The van der Waals surface area contributed by atoms with Gasteiger partial charge in [0.15, 0.2) is 0 Å². The summed E-state index contributed by atoms with van der Waals surface area (Å²) in [6, 6.07) is 7.11. The van der Waals surface area contributed by atoms with E-state index in [1.165, 1.54) is 18.4 Å². The fourth-order valence-corrected chi connectivity index (χ4v) is 4.06. The normalized spacial score (nSPS) is 17.6. The second-order valence-corrected chi connectivity index (χ2v) is 7.95. The molecule has 1 saturated heterocycles. The molecular weight excluding hydrogens is 383 g/mol. The standard InChI is InChI=1S/C20H22Cl2N4O/c21-15-3-1-4-16(11-15)24-20(27)26-8-2-7-25(9-10-26)19-17(14-5-6-14)12-23-13-18(19)22/h1,3-4,11-14H,2,5-10H2,(H,24,27). The van der Waals surface area contributed by atoms with E-state index in [4.69, 9.17) is 23.2 Å². The third kappa shape index (κ3) is 4.30. The van der Waals surface area contributed by atoms with Crippen LogP contribution in [-0.2, 0) is 0 Å². The first-order valence-corrected chi connectivity index (χ1v) is 10.1. The summed E-state index contributed by atoms with van der Waals surface area (Å²) < 4.78 is 0. The van der Waals surface area contributed by atoms with Gasteiger partial charge in [0.25, 0.3) is 0 Å². The molecule has 5 nitrogen and oxygen atoms in total. The number of nitrogens with zero attached hydrogens (tertiary/aromatic N) is 3. The van der Waals surface area contributed by atoms with Crippen molar-refractivity contribution in [1.82, 2.24) is 9.88 Å².